The fourth-order valence-electron chi connectivity index (χ4n) is 1.92. The molecule has 1 amide bonds. The summed E-state index contributed by atoms with van der Waals surface area (Å²) in [6.45, 7) is 5.33. The van der Waals surface area contributed by atoms with E-state index in [9.17, 15) is 14.7 Å². The van der Waals surface area contributed by atoms with Crippen LogP contribution < -0.4 is 10.1 Å². The quantitative estimate of drug-likeness (QED) is 0.799. The SMILES string of the molecule is COc1cccc(C(=O)OCC(=O)Nc2cc(C(C)(C)C)no2)c1O. The number of hydrogen-bond donors (Lipinski definition) is 2. The summed E-state index contributed by atoms with van der Waals surface area (Å²) in [7, 11) is 1.36. The third-order valence-corrected chi connectivity index (χ3v) is 3.31. The number of nitrogens with zero attached hydrogens (tertiary/aromatic N) is 1. The molecule has 0 radical (unpaired) electrons. The third kappa shape index (κ3) is 4.50. The summed E-state index contributed by atoms with van der Waals surface area (Å²) in [5.74, 6) is -1.49. The van der Waals surface area contributed by atoms with Crippen molar-refractivity contribution >= 4 is 17.8 Å². The Morgan fingerprint density at radius 2 is 2.04 bits per heavy atom. The van der Waals surface area contributed by atoms with Gasteiger partial charge in [0.05, 0.1) is 12.8 Å². The van der Waals surface area contributed by atoms with Gasteiger partial charge in [-0.2, -0.15) is 0 Å². The molecule has 2 aromatic rings. The van der Waals surface area contributed by atoms with Gasteiger partial charge >= 0.3 is 5.97 Å². The van der Waals surface area contributed by atoms with Crippen molar-refractivity contribution in [2.24, 2.45) is 0 Å². The van der Waals surface area contributed by atoms with E-state index in [1.54, 1.807) is 6.07 Å². The van der Waals surface area contributed by atoms with E-state index in [0.29, 0.717) is 5.69 Å². The highest BCUT2D eigenvalue weighted by Gasteiger charge is 2.21. The molecular weight excluding hydrogens is 328 g/mol. The average molecular weight is 348 g/mol. The van der Waals surface area contributed by atoms with Crippen LogP contribution in [0.4, 0.5) is 5.88 Å². The van der Waals surface area contributed by atoms with Crippen molar-refractivity contribution in [1.29, 1.82) is 0 Å². The number of amides is 1. The zero-order chi connectivity index (χ0) is 18.6. The molecule has 0 aliphatic rings. The molecule has 0 saturated heterocycles. The molecule has 2 rings (SSSR count). The van der Waals surface area contributed by atoms with Gasteiger partial charge in [-0.05, 0) is 12.1 Å². The lowest BCUT2D eigenvalue weighted by molar-refractivity contribution is -0.119. The van der Waals surface area contributed by atoms with Crippen LogP contribution in [0.5, 0.6) is 11.5 Å². The highest BCUT2D eigenvalue weighted by atomic mass is 16.5. The number of hydrogen-bond acceptors (Lipinski definition) is 7. The molecule has 0 fully saturated rings. The van der Waals surface area contributed by atoms with Crippen LogP contribution in [0, 0.1) is 0 Å². The summed E-state index contributed by atoms with van der Waals surface area (Å²) in [5, 5.41) is 16.2. The number of rotatable bonds is 5. The number of carbonyl (C=O) groups is 2. The minimum atomic E-state index is -0.848. The Kier molecular flexibility index (Phi) is 5.31. The number of aromatic nitrogens is 1. The van der Waals surface area contributed by atoms with Gasteiger partial charge in [0, 0.05) is 11.5 Å². The number of ether oxygens (including phenoxy) is 2. The molecule has 8 nitrogen and oxygen atoms in total. The first-order valence-electron chi connectivity index (χ1n) is 7.52. The molecule has 1 aromatic heterocycles. The average Bonchev–Trinajstić information content (AvgIpc) is 3.01. The smallest absolute Gasteiger partial charge is 0.342 e. The fourth-order valence-corrected chi connectivity index (χ4v) is 1.92. The summed E-state index contributed by atoms with van der Waals surface area (Å²) in [6, 6.07) is 5.99. The van der Waals surface area contributed by atoms with Crippen LogP contribution in [-0.4, -0.2) is 35.9 Å². The van der Waals surface area contributed by atoms with Crippen molar-refractivity contribution in [3.05, 3.63) is 35.5 Å². The van der Waals surface area contributed by atoms with Gasteiger partial charge in [-0.15, -0.1) is 0 Å². The molecule has 1 aromatic carbocycles. The number of phenols is 1. The summed E-state index contributed by atoms with van der Waals surface area (Å²) in [5.41, 5.74) is 0.367. The first kappa shape index (κ1) is 18.3. The van der Waals surface area contributed by atoms with Crippen molar-refractivity contribution in [3.63, 3.8) is 0 Å². The predicted molar refractivity (Wildman–Crippen MR) is 88.8 cm³/mol. The first-order chi connectivity index (χ1) is 11.7. The molecule has 134 valence electrons. The number of esters is 1. The zero-order valence-corrected chi connectivity index (χ0v) is 14.5. The Bertz CT molecular complexity index is 776. The maximum Gasteiger partial charge on any atom is 0.342 e. The number of nitrogens with one attached hydrogen (secondary N) is 1. The van der Waals surface area contributed by atoms with Crippen LogP contribution >= 0.6 is 0 Å². The van der Waals surface area contributed by atoms with E-state index in [2.05, 4.69) is 10.5 Å². The normalized spacial score (nSPS) is 11.0. The largest absolute Gasteiger partial charge is 0.504 e. The van der Waals surface area contributed by atoms with Gasteiger partial charge in [0.25, 0.3) is 5.91 Å². The van der Waals surface area contributed by atoms with Crippen LogP contribution in [0.25, 0.3) is 0 Å². The number of benzene rings is 1. The number of carbonyl (C=O) groups excluding carboxylic acids is 2. The lowest BCUT2D eigenvalue weighted by Gasteiger charge is -2.12. The number of aromatic hydroxyl groups is 1. The van der Waals surface area contributed by atoms with Crippen molar-refractivity contribution in [1.82, 2.24) is 5.16 Å². The van der Waals surface area contributed by atoms with E-state index in [0.717, 1.165) is 0 Å². The Labute approximate surface area is 144 Å². The van der Waals surface area contributed by atoms with Gasteiger partial charge in [-0.1, -0.05) is 32.0 Å². The topological polar surface area (TPSA) is 111 Å². The van der Waals surface area contributed by atoms with E-state index in [-0.39, 0.29) is 28.4 Å². The maximum atomic E-state index is 12.0. The zero-order valence-electron chi connectivity index (χ0n) is 14.5. The van der Waals surface area contributed by atoms with Crippen molar-refractivity contribution in [2.75, 3.05) is 19.0 Å². The van der Waals surface area contributed by atoms with E-state index < -0.39 is 18.5 Å². The van der Waals surface area contributed by atoms with E-state index in [1.807, 2.05) is 20.8 Å². The summed E-state index contributed by atoms with van der Waals surface area (Å²) in [4.78, 5) is 23.8. The van der Waals surface area contributed by atoms with Crippen LogP contribution in [0.15, 0.2) is 28.8 Å². The minimum Gasteiger partial charge on any atom is -0.504 e. The Hall–Kier alpha value is -3.03. The molecule has 0 spiro atoms. The fraction of sp³-hybridized carbons (Fsp3) is 0.353. The van der Waals surface area contributed by atoms with Crippen molar-refractivity contribution in [3.8, 4) is 11.5 Å². The summed E-state index contributed by atoms with van der Waals surface area (Å²) >= 11 is 0. The lowest BCUT2D eigenvalue weighted by Crippen LogP contribution is -2.20. The van der Waals surface area contributed by atoms with Gasteiger partial charge in [0.15, 0.2) is 18.1 Å². The lowest BCUT2D eigenvalue weighted by atomic mass is 9.92. The molecule has 0 unspecified atom stereocenters. The molecule has 0 aliphatic carbocycles. The number of para-hydroxylation sites is 1. The minimum absolute atomic E-state index is 0.0955. The van der Waals surface area contributed by atoms with Gasteiger partial charge in [0.2, 0.25) is 5.88 Å². The third-order valence-electron chi connectivity index (χ3n) is 3.31. The molecule has 0 saturated carbocycles. The van der Waals surface area contributed by atoms with Crippen molar-refractivity contribution < 1.29 is 28.7 Å². The number of methoxy groups -OCH3 is 1. The maximum absolute atomic E-state index is 12.0. The van der Waals surface area contributed by atoms with Crippen molar-refractivity contribution in [2.45, 2.75) is 26.2 Å². The molecule has 25 heavy (non-hydrogen) atoms. The van der Waals surface area contributed by atoms with Crippen LogP contribution in [-0.2, 0) is 14.9 Å². The van der Waals surface area contributed by atoms with E-state index >= 15 is 0 Å². The monoisotopic (exact) mass is 348 g/mol. The van der Waals surface area contributed by atoms with Gasteiger partial charge in [0.1, 0.15) is 5.56 Å². The Morgan fingerprint density at radius 1 is 1.32 bits per heavy atom. The molecule has 2 N–H and O–H groups in total. The first-order valence-corrected chi connectivity index (χ1v) is 7.52. The molecule has 8 heteroatoms. The molecule has 0 bridgehead atoms. The van der Waals surface area contributed by atoms with Crippen LogP contribution in [0.1, 0.15) is 36.8 Å². The summed E-state index contributed by atoms with van der Waals surface area (Å²) in [6.07, 6.45) is 0. The van der Waals surface area contributed by atoms with E-state index in [4.69, 9.17) is 14.0 Å². The Morgan fingerprint density at radius 3 is 2.64 bits per heavy atom. The van der Waals surface area contributed by atoms with Gasteiger partial charge < -0.3 is 19.1 Å². The summed E-state index contributed by atoms with van der Waals surface area (Å²) < 4.78 is 14.8. The molecular formula is C17H20N2O6. The molecule has 0 aliphatic heterocycles. The van der Waals surface area contributed by atoms with Gasteiger partial charge in [-0.3, -0.25) is 10.1 Å². The highest BCUT2D eigenvalue weighted by molar-refractivity contribution is 5.96. The predicted octanol–water partition coefficient (Wildman–Crippen LogP) is 2.48. The second-order valence-corrected chi connectivity index (χ2v) is 6.31. The van der Waals surface area contributed by atoms with E-state index in [1.165, 1.54) is 25.3 Å². The second-order valence-electron chi connectivity index (χ2n) is 6.31. The Balaban J connectivity index is 1.94. The van der Waals surface area contributed by atoms with Crippen LogP contribution in [0.3, 0.4) is 0 Å². The number of anilines is 1. The standard InChI is InChI=1S/C17H20N2O6/c1-17(2,3)12-8-14(25-19-12)18-13(20)9-24-16(22)10-6-5-7-11(23-4)15(10)21/h5-8,21H,9H2,1-4H3,(H,18,20). The van der Waals surface area contributed by atoms with Crippen LogP contribution in [0.2, 0.25) is 0 Å². The second kappa shape index (κ2) is 7.25. The van der Waals surface area contributed by atoms with Gasteiger partial charge in [-0.25, -0.2) is 4.79 Å². The highest BCUT2D eigenvalue weighted by Crippen LogP contribution is 2.29. The number of phenolic OH excluding ortho intramolecular Hbond substituents is 1. The molecule has 0 atom stereocenters. The molecule has 1 heterocycles.